The third-order valence-corrected chi connectivity index (χ3v) is 5.22. The lowest BCUT2D eigenvalue weighted by Crippen LogP contribution is -2.37. The Bertz CT molecular complexity index is 647. The van der Waals surface area contributed by atoms with Crippen LogP contribution in [0.5, 0.6) is 5.75 Å². The topological polar surface area (TPSA) is 75.7 Å². The quantitative estimate of drug-likeness (QED) is 0.899. The van der Waals surface area contributed by atoms with Crippen LogP contribution in [0.3, 0.4) is 0 Å². The van der Waals surface area contributed by atoms with E-state index in [0.717, 1.165) is 0 Å². The Morgan fingerprint density at radius 2 is 1.95 bits per heavy atom. The second-order valence-electron chi connectivity index (χ2n) is 5.61. The molecule has 0 spiro atoms. The van der Waals surface area contributed by atoms with Crippen molar-refractivity contribution < 1.29 is 17.9 Å². The number of hydrogen-bond donors (Lipinski definition) is 1. The van der Waals surface area contributed by atoms with Crippen LogP contribution in [0.1, 0.15) is 20.8 Å². The summed E-state index contributed by atoms with van der Waals surface area (Å²) in [5.41, 5.74) is 0.895. The maximum atomic E-state index is 12.2. The lowest BCUT2D eigenvalue weighted by atomic mass is 10.2. The first-order chi connectivity index (χ1) is 9.13. The van der Waals surface area contributed by atoms with Gasteiger partial charge in [-0.1, -0.05) is 6.07 Å². The predicted molar refractivity (Wildman–Crippen MR) is 77.6 cm³/mol. The van der Waals surface area contributed by atoms with Crippen LogP contribution in [0, 0.1) is 0 Å². The lowest BCUT2D eigenvalue weighted by Gasteiger charge is -2.28. The average molecular weight is 298 g/mol. The van der Waals surface area contributed by atoms with E-state index >= 15 is 0 Å². The first kappa shape index (κ1) is 14.6. The zero-order valence-electron chi connectivity index (χ0n) is 11.9. The fourth-order valence-electron chi connectivity index (χ4n) is 1.68. The van der Waals surface area contributed by atoms with Gasteiger partial charge in [-0.05, 0) is 32.9 Å². The molecule has 1 aliphatic heterocycles. The first-order valence-electron chi connectivity index (χ1n) is 6.18. The third kappa shape index (κ3) is 2.45. The highest BCUT2D eigenvalue weighted by Gasteiger charge is 2.31. The van der Waals surface area contributed by atoms with Gasteiger partial charge in [0.2, 0.25) is 10.0 Å². The van der Waals surface area contributed by atoms with Crippen LogP contribution in [-0.4, -0.2) is 32.7 Å². The zero-order valence-corrected chi connectivity index (χ0v) is 12.7. The summed E-state index contributed by atoms with van der Waals surface area (Å²) in [7, 11) is -1.92. The van der Waals surface area contributed by atoms with Crippen molar-refractivity contribution in [2.24, 2.45) is 0 Å². The van der Waals surface area contributed by atoms with Crippen LogP contribution in [0.4, 0.5) is 11.4 Å². The Hall–Kier alpha value is -1.76. The van der Waals surface area contributed by atoms with Crippen LogP contribution in [0.25, 0.3) is 0 Å². The van der Waals surface area contributed by atoms with E-state index in [1.807, 2.05) is 0 Å². The molecule has 1 aromatic carbocycles. The summed E-state index contributed by atoms with van der Waals surface area (Å²) in [6.45, 7) is 4.74. The average Bonchev–Trinajstić information content (AvgIpc) is 2.32. The van der Waals surface area contributed by atoms with E-state index < -0.39 is 14.8 Å². The number of carbonyl (C=O) groups excluding carboxylic acids is 1. The molecule has 0 radical (unpaired) electrons. The predicted octanol–water partition coefficient (Wildman–Crippen LogP) is 1.58. The molecule has 1 amide bonds. The molecule has 0 atom stereocenters. The number of rotatable bonds is 2. The first-order valence-corrected chi connectivity index (χ1v) is 7.66. The van der Waals surface area contributed by atoms with Gasteiger partial charge in [0.1, 0.15) is 0 Å². The van der Waals surface area contributed by atoms with Gasteiger partial charge in [-0.2, -0.15) is 0 Å². The van der Waals surface area contributed by atoms with Gasteiger partial charge in [-0.15, -0.1) is 0 Å². The van der Waals surface area contributed by atoms with Crippen LogP contribution < -0.4 is 14.4 Å². The molecule has 1 N–H and O–H groups in total. The molecule has 0 saturated carbocycles. The van der Waals surface area contributed by atoms with Gasteiger partial charge in [0.05, 0.1) is 16.1 Å². The number of sulfonamides is 1. The van der Waals surface area contributed by atoms with Gasteiger partial charge in [0, 0.05) is 7.05 Å². The highest BCUT2D eigenvalue weighted by molar-refractivity contribution is 7.94. The van der Waals surface area contributed by atoms with E-state index in [1.165, 1.54) is 4.90 Å². The van der Waals surface area contributed by atoms with Crippen molar-refractivity contribution >= 4 is 27.3 Å². The summed E-state index contributed by atoms with van der Waals surface area (Å²) >= 11 is 0. The van der Waals surface area contributed by atoms with Gasteiger partial charge in [0.25, 0.3) is 5.91 Å². The summed E-state index contributed by atoms with van der Waals surface area (Å²) < 4.78 is 31.4. The van der Waals surface area contributed by atoms with Gasteiger partial charge >= 0.3 is 0 Å². The summed E-state index contributed by atoms with van der Waals surface area (Å²) in [5, 5.41) is 0. The van der Waals surface area contributed by atoms with Crippen molar-refractivity contribution in [3.8, 4) is 5.75 Å². The van der Waals surface area contributed by atoms with E-state index in [0.29, 0.717) is 17.1 Å². The normalized spacial score (nSPS) is 15.6. The molecule has 1 heterocycles. The highest BCUT2D eigenvalue weighted by Crippen LogP contribution is 2.39. The fraction of sp³-hybridized carbons (Fsp3) is 0.462. The number of ether oxygens (including phenoxy) is 1. The number of fused-ring (bicyclic) bond motifs is 1. The van der Waals surface area contributed by atoms with Gasteiger partial charge < -0.3 is 9.64 Å². The summed E-state index contributed by atoms with van der Waals surface area (Å²) in [6.07, 6.45) is 0. The minimum Gasteiger partial charge on any atom is -0.479 e. The summed E-state index contributed by atoms with van der Waals surface area (Å²) in [5.74, 6) is 0.204. The van der Waals surface area contributed by atoms with E-state index in [1.54, 1.807) is 46.0 Å². The Balaban J connectivity index is 2.44. The van der Waals surface area contributed by atoms with Crippen molar-refractivity contribution in [2.75, 3.05) is 23.3 Å². The number of anilines is 2. The number of amides is 1. The Kier molecular flexibility index (Phi) is 3.41. The number of nitrogens with one attached hydrogen (secondary N) is 1. The van der Waals surface area contributed by atoms with E-state index in [4.69, 9.17) is 4.74 Å². The number of likely N-dealkylation sites (N-methyl/N-ethyl adjacent to an activating group) is 1. The van der Waals surface area contributed by atoms with Crippen LogP contribution in [-0.2, 0) is 14.8 Å². The molecule has 6 nitrogen and oxygen atoms in total. The van der Waals surface area contributed by atoms with Gasteiger partial charge in [-0.25, -0.2) is 8.42 Å². The van der Waals surface area contributed by atoms with Crippen LogP contribution in [0.2, 0.25) is 0 Å². The number of benzene rings is 1. The number of carbonyl (C=O) groups is 1. The summed E-state index contributed by atoms with van der Waals surface area (Å²) in [6, 6.07) is 5.00. The zero-order chi connectivity index (χ0) is 15.1. The maximum Gasteiger partial charge on any atom is 0.264 e. The Morgan fingerprint density at radius 3 is 2.55 bits per heavy atom. The monoisotopic (exact) mass is 298 g/mol. The molecule has 1 aromatic rings. The number of para-hydroxylation sites is 1. The molecule has 0 bridgehead atoms. The van der Waals surface area contributed by atoms with Crippen LogP contribution in [0.15, 0.2) is 18.2 Å². The van der Waals surface area contributed by atoms with Gasteiger partial charge in [0.15, 0.2) is 12.4 Å². The van der Waals surface area contributed by atoms with E-state index in [9.17, 15) is 13.2 Å². The molecule has 7 heteroatoms. The van der Waals surface area contributed by atoms with Crippen molar-refractivity contribution in [2.45, 2.75) is 25.5 Å². The Labute approximate surface area is 118 Å². The molecular weight excluding hydrogens is 280 g/mol. The summed E-state index contributed by atoms with van der Waals surface area (Å²) in [4.78, 5) is 13.0. The largest absolute Gasteiger partial charge is 0.479 e. The second kappa shape index (κ2) is 4.66. The van der Waals surface area contributed by atoms with Crippen molar-refractivity contribution in [3.63, 3.8) is 0 Å². The molecule has 0 saturated heterocycles. The van der Waals surface area contributed by atoms with E-state index in [2.05, 4.69) is 4.72 Å². The minimum atomic E-state index is -3.55. The molecule has 0 aliphatic carbocycles. The lowest BCUT2D eigenvalue weighted by molar-refractivity contribution is -0.120. The molecule has 110 valence electrons. The third-order valence-electron chi connectivity index (χ3n) is 3.12. The molecule has 0 fully saturated rings. The fourth-order valence-corrected chi connectivity index (χ4v) is 2.44. The van der Waals surface area contributed by atoms with E-state index in [-0.39, 0.29) is 12.5 Å². The molecule has 1 aliphatic rings. The second-order valence-corrected chi connectivity index (χ2v) is 8.05. The minimum absolute atomic E-state index is 0.0994. The van der Waals surface area contributed by atoms with Gasteiger partial charge in [-0.3, -0.25) is 9.52 Å². The maximum absolute atomic E-state index is 12.2. The molecule has 2 rings (SSSR count). The number of nitrogens with zero attached hydrogens (tertiary/aromatic N) is 1. The van der Waals surface area contributed by atoms with Crippen molar-refractivity contribution in [1.82, 2.24) is 0 Å². The van der Waals surface area contributed by atoms with Crippen molar-refractivity contribution in [1.29, 1.82) is 0 Å². The molecule has 20 heavy (non-hydrogen) atoms. The number of hydrogen-bond acceptors (Lipinski definition) is 4. The highest BCUT2D eigenvalue weighted by atomic mass is 32.2. The van der Waals surface area contributed by atoms with Crippen molar-refractivity contribution in [3.05, 3.63) is 18.2 Å². The molecule has 0 aromatic heterocycles. The molecule has 0 unspecified atom stereocenters. The van der Waals surface area contributed by atoms with Crippen LogP contribution >= 0.6 is 0 Å². The Morgan fingerprint density at radius 1 is 1.30 bits per heavy atom. The standard InChI is InChI=1S/C13H18N2O4S/c1-13(2,3)20(17,18)14-9-6-5-7-10-12(9)19-8-11(16)15(10)4/h5-7,14H,8H2,1-4H3. The SMILES string of the molecule is CN1C(=O)COc2c(NS(=O)(=O)C(C)(C)C)cccc21. The molecular formula is C13H18N2O4S. The smallest absolute Gasteiger partial charge is 0.264 e.